The predicted octanol–water partition coefficient (Wildman–Crippen LogP) is 1.60. The number of nitrogens with zero attached hydrogens (tertiary/aromatic N) is 4. The minimum Gasteiger partial charge on any atom is -0.312 e. The fourth-order valence-electron chi connectivity index (χ4n) is 2.12. The van der Waals surface area contributed by atoms with Gasteiger partial charge in [0.1, 0.15) is 12.0 Å². The third kappa shape index (κ3) is 2.34. The SMILES string of the molecule is FC(F)(F)c1nc(-c2ccncn2)nc2c1CNCC2. The van der Waals surface area contributed by atoms with Crippen molar-refractivity contribution in [2.75, 3.05) is 6.54 Å². The van der Waals surface area contributed by atoms with Gasteiger partial charge in [0, 0.05) is 31.3 Å². The molecule has 5 nitrogen and oxygen atoms in total. The van der Waals surface area contributed by atoms with Gasteiger partial charge in [-0.3, -0.25) is 0 Å². The van der Waals surface area contributed by atoms with Gasteiger partial charge < -0.3 is 5.32 Å². The maximum atomic E-state index is 13.1. The first-order valence-corrected chi connectivity index (χ1v) is 6.00. The highest BCUT2D eigenvalue weighted by Crippen LogP contribution is 2.33. The zero-order chi connectivity index (χ0) is 14.2. The molecular formula is C12H10F3N5. The number of alkyl halides is 3. The molecule has 1 N–H and O–H groups in total. The molecule has 8 heteroatoms. The van der Waals surface area contributed by atoms with Gasteiger partial charge in [0.05, 0.1) is 5.69 Å². The summed E-state index contributed by atoms with van der Waals surface area (Å²) in [4.78, 5) is 15.5. The maximum absolute atomic E-state index is 13.1. The van der Waals surface area contributed by atoms with E-state index in [1.807, 2.05) is 0 Å². The number of rotatable bonds is 1. The summed E-state index contributed by atoms with van der Waals surface area (Å²) in [5.41, 5.74) is -0.0450. The van der Waals surface area contributed by atoms with Crippen LogP contribution in [0, 0.1) is 0 Å². The van der Waals surface area contributed by atoms with E-state index in [4.69, 9.17) is 0 Å². The van der Waals surface area contributed by atoms with E-state index in [2.05, 4.69) is 25.3 Å². The first-order chi connectivity index (χ1) is 9.55. The molecule has 0 saturated heterocycles. The molecule has 2 aromatic rings. The Morgan fingerprint density at radius 3 is 2.75 bits per heavy atom. The first kappa shape index (κ1) is 12.9. The van der Waals surface area contributed by atoms with Gasteiger partial charge in [0.25, 0.3) is 0 Å². The van der Waals surface area contributed by atoms with E-state index in [9.17, 15) is 13.2 Å². The predicted molar refractivity (Wildman–Crippen MR) is 63.5 cm³/mol. The van der Waals surface area contributed by atoms with Crippen LogP contribution in [0.2, 0.25) is 0 Å². The molecule has 0 aliphatic carbocycles. The van der Waals surface area contributed by atoms with Gasteiger partial charge in [0.15, 0.2) is 11.5 Å². The van der Waals surface area contributed by atoms with Gasteiger partial charge in [-0.15, -0.1) is 0 Å². The largest absolute Gasteiger partial charge is 0.433 e. The van der Waals surface area contributed by atoms with Gasteiger partial charge in [-0.25, -0.2) is 19.9 Å². The molecule has 20 heavy (non-hydrogen) atoms. The lowest BCUT2D eigenvalue weighted by atomic mass is 10.0. The number of aromatic nitrogens is 4. The second kappa shape index (κ2) is 4.78. The van der Waals surface area contributed by atoms with E-state index in [0.29, 0.717) is 18.7 Å². The minimum absolute atomic E-state index is 0.0135. The van der Waals surface area contributed by atoms with Gasteiger partial charge in [-0.2, -0.15) is 13.2 Å². The van der Waals surface area contributed by atoms with Crippen LogP contribution in [-0.2, 0) is 19.1 Å². The van der Waals surface area contributed by atoms with Crippen molar-refractivity contribution in [3.63, 3.8) is 0 Å². The van der Waals surface area contributed by atoms with Crippen LogP contribution in [0.4, 0.5) is 13.2 Å². The summed E-state index contributed by atoms with van der Waals surface area (Å²) in [7, 11) is 0. The number of hydrogen-bond donors (Lipinski definition) is 1. The second-order valence-corrected chi connectivity index (χ2v) is 4.34. The number of nitrogens with one attached hydrogen (secondary N) is 1. The van der Waals surface area contributed by atoms with Crippen LogP contribution in [0.3, 0.4) is 0 Å². The van der Waals surface area contributed by atoms with E-state index in [-0.39, 0.29) is 23.6 Å². The Labute approximate surface area is 112 Å². The fourth-order valence-corrected chi connectivity index (χ4v) is 2.12. The molecule has 3 rings (SSSR count). The molecule has 2 aromatic heterocycles. The zero-order valence-electron chi connectivity index (χ0n) is 10.3. The molecular weight excluding hydrogens is 271 g/mol. The van der Waals surface area contributed by atoms with Crippen molar-refractivity contribution in [3.05, 3.63) is 35.5 Å². The van der Waals surface area contributed by atoms with Crippen molar-refractivity contribution in [2.24, 2.45) is 0 Å². The maximum Gasteiger partial charge on any atom is 0.433 e. The average molecular weight is 281 g/mol. The Hall–Kier alpha value is -2.09. The van der Waals surface area contributed by atoms with Crippen molar-refractivity contribution in [3.8, 4) is 11.5 Å². The van der Waals surface area contributed by atoms with Crippen LogP contribution in [0.25, 0.3) is 11.5 Å². The lowest BCUT2D eigenvalue weighted by Crippen LogP contribution is -2.29. The van der Waals surface area contributed by atoms with Crippen LogP contribution in [0.1, 0.15) is 17.0 Å². The van der Waals surface area contributed by atoms with E-state index >= 15 is 0 Å². The van der Waals surface area contributed by atoms with Gasteiger partial charge in [0.2, 0.25) is 0 Å². The fraction of sp³-hybridized carbons (Fsp3) is 0.333. The van der Waals surface area contributed by atoms with Gasteiger partial charge in [-0.05, 0) is 6.07 Å². The molecule has 0 spiro atoms. The Kier molecular flexibility index (Phi) is 3.09. The molecule has 3 heterocycles. The first-order valence-electron chi connectivity index (χ1n) is 6.00. The zero-order valence-corrected chi connectivity index (χ0v) is 10.3. The number of hydrogen-bond acceptors (Lipinski definition) is 5. The van der Waals surface area contributed by atoms with Crippen molar-refractivity contribution >= 4 is 0 Å². The van der Waals surface area contributed by atoms with Crippen LogP contribution in [0.15, 0.2) is 18.6 Å². The third-order valence-corrected chi connectivity index (χ3v) is 3.01. The van der Waals surface area contributed by atoms with E-state index in [1.165, 1.54) is 18.6 Å². The van der Waals surface area contributed by atoms with Gasteiger partial charge >= 0.3 is 6.18 Å². The Morgan fingerprint density at radius 2 is 2.05 bits per heavy atom. The molecule has 0 fully saturated rings. The lowest BCUT2D eigenvalue weighted by molar-refractivity contribution is -0.142. The third-order valence-electron chi connectivity index (χ3n) is 3.01. The topological polar surface area (TPSA) is 63.6 Å². The molecule has 0 bridgehead atoms. The van der Waals surface area contributed by atoms with Crippen LogP contribution < -0.4 is 5.32 Å². The Morgan fingerprint density at radius 1 is 1.20 bits per heavy atom. The summed E-state index contributed by atoms with van der Waals surface area (Å²) < 4.78 is 39.4. The normalized spacial score (nSPS) is 14.9. The molecule has 0 atom stereocenters. The Balaban J connectivity index is 2.19. The summed E-state index contributed by atoms with van der Waals surface area (Å²) in [5, 5.41) is 2.91. The van der Waals surface area contributed by atoms with Crippen LogP contribution in [-0.4, -0.2) is 26.5 Å². The highest BCUT2D eigenvalue weighted by molar-refractivity contribution is 5.50. The van der Waals surface area contributed by atoms with Gasteiger partial charge in [-0.1, -0.05) is 0 Å². The highest BCUT2D eigenvalue weighted by atomic mass is 19.4. The molecule has 0 radical (unpaired) electrons. The molecule has 1 aliphatic heterocycles. The summed E-state index contributed by atoms with van der Waals surface area (Å²) in [6.45, 7) is 0.735. The van der Waals surface area contributed by atoms with Crippen molar-refractivity contribution in [1.29, 1.82) is 0 Å². The Bertz CT molecular complexity index is 627. The molecule has 0 saturated carbocycles. The van der Waals surface area contributed by atoms with Crippen molar-refractivity contribution in [2.45, 2.75) is 19.1 Å². The smallest absolute Gasteiger partial charge is 0.312 e. The summed E-state index contributed by atoms with van der Waals surface area (Å²) in [6, 6.07) is 1.49. The van der Waals surface area contributed by atoms with E-state index in [0.717, 1.165) is 0 Å². The molecule has 0 aromatic carbocycles. The minimum atomic E-state index is -4.51. The lowest BCUT2D eigenvalue weighted by Gasteiger charge is -2.21. The number of fused-ring (bicyclic) bond motifs is 1. The number of halogens is 3. The summed E-state index contributed by atoms with van der Waals surface area (Å²) in [5.74, 6) is -0.0135. The monoisotopic (exact) mass is 281 g/mol. The standard InChI is InChI=1S/C12H10F3N5/c13-12(14,15)10-7-5-16-3-1-8(7)19-11(20-10)9-2-4-17-6-18-9/h2,4,6,16H,1,3,5H2. The van der Waals surface area contributed by atoms with Crippen LogP contribution >= 0.6 is 0 Å². The van der Waals surface area contributed by atoms with Crippen molar-refractivity contribution < 1.29 is 13.2 Å². The van der Waals surface area contributed by atoms with Crippen molar-refractivity contribution in [1.82, 2.24) is 25.3 Å². The summed E-state index contributed by atoms with van der Waals surface area (Å²) >= 11 is 0. The quantitative estimate of drug-likeness (QED) is 0.860. The molecule has 1 aliphatic rings. The molecule has 104 valence electrons. The average Bonchev–Trinajstić information content (AvgIpc) is 2.46. The second-order valence-electron chi connectivity index (χ2n) is 4.34. The highest BCUT2D eigenvalue weighted by Gasteiger charge is 2.38. The van der Waals surface area contributed by atoms with E-state index < -0.39 is 11.9 Å². The van der Waals surface area contributed by atoms with E-state index in [1.54, 1.807) is 0 Å². The summed E-state index contributed by atoms with van der Waals surface area (Å²) in [6.07, 6.45) is -1.36. The molecule has 0 unspecified atom stereocenters. The molecule has 0 amide bonds. The van der Waals surface area contributed by atoms with Crippen LogP contribution in [0.5, 0.6) is 0 Å².